The van der Waals surface area contributed by atoms with E-state index in [9.17, 15) is 28.8 Å². The summed E-state index contributed by atoms with van der Waals surface area (Å²) in [6, 6.07) is 30.8. The molecule has 12 rings (SSSR count). The molecule has 4 saturated heterocycles. The third kappa shape index (κ3) is 17.4. The molecule has 10 atom stereocenters. The van der Waals surface area contributed by atoms with E-state index < -0.39 is 48.3 Å². The monoisotopic (exact) mass is 1330 g/mol. The molecule has 98 heavy (non-hydrogen) atoms. The number of H-pyrrole nitrogens is 2. The number of benzene rings is 4. The van der Waals surface area contributed by atoms with Gasteiger partial charge in [-0.05, 0) is 119 Å². The fourth-order valence-corrected chi connectivity index (χ4v) is 15.1. The summed E-state index contributed by atoms with van der Waals surface area (Å²) in [5.74, 6) is -1.22. The first-order chi connectivity index (χ1) is 47.9. The Morgan fingerprint density at radius 2 is 0.939 bits per heavy atom. The van der Waals surface area contributed by atoms with E-state index in [1.54, 1.807) is 41.8 Å². The number of para-hydroxylation sites is 2. The molecule has 8 heterocycles. The lowest BCUT2D eigenvalue weighted by molar-refractivity contribution is -0.144. The van der Waals surface area contributed by atoms with Gasteiger partial charge in [-0.15, -0.1) is 10.2 Å². The Kier molecular flexibility index (Phi) is 24.7. The maximum Gasteiger partial charge on any atom is 0.246 e. The molecule has 22 nitrogen and oxygen atoms in total. The van der Waals surface area contributed by atoms with Gasteiger partial charge >= 0.3 is 0 Å². The van der Waals surface area contributed by atoms with Crippen molar-refractivity contribution < 1.29 is 28.8 Å². The van der Waals surface area contributed by atoms with Gasteiger partial charge < -0.3 is 51.7 Å². The molecule has 0 spiro atoms. The Morgan fingerprint density at radius 3 is 1.40 bits per heavy atom. The maximum absolute atomic E-state index is 14.4. The van der Waals surface area contributed by atoms with Crippen molar-refractivity contribution in [2.75, 3.05) is 14.1 Å². The molecule has 0 aliphatic carbocycles. The Bertz CT molecular complexity index is 3900. The second-order valence-corrected chi connectivity index (χ2v) is 27.2. The highest BCUT2D eigenvalue weighted by atomic mass is 16.2. The third-order valence-electron chi connectivity index (χ3n) is 20.5. The van der Waals surface area contributed by atoms with Crippen molar-refractivity contribution in [2.45, 2.75) is 222 Å². The minimum Gasteiger partial charge on any atom is -0.361 e. The van der Waals surface area contributed by atoms with Crippen LogP contribution in [0.2, 0.25) is 0 Å². The summed E-state index contributed by atoms with van der Waals surface area (Å²) in [6.45, 7) is 3.04. The molecule has 8 N–H and O–H groups in total. The molecule has 8 aromatic rings. The predicted octanol–water partition coefficient (Wildman–Crippen LogP) is 9.50. The second-order valence-electron chi connectivity index (χ2n) is 27.2. The summed E-state index contributed by atoms with van der Waals surface area (Å²) >= 11 is 0. The van der Waals surface area contributed by atoms with E-state index in [-0.39, 0.29) is 47.5 Å². The third-order valence-corrected chi connectivity index (χ3v) is 20.5. The normalized spacial score (nSPS) is 20.7. The molecule has 22 heteroatoms. The predicted molar refractivity (Wildman–Crippen MR) is 379 cm³/mol. The van der Waals surface area contributed by atoms with Gasteiger partial charge in [0.15, 0.2) is 0 Å². The zero-order valence-corrected chi connectivity index (χ0v) is 57.5. The van der Waals surface area contributed by atoms with Crippen molar-refractivity contribution in [3.05, 3.63) is 168 Å². The first kappa shape index (κ1) is 70.3. The average molecular weight is 1330 g/mol. The van der Waals surface area contributed by atoms with E-state index in [2.05, 4.69) is 69.4 Å². The van der Waals surface area contributed by atoms with Crippen molar-refractivity contribution in [3.63, 3.8) is 0 Å². The van der Waals surface area contributed by atoms with Crippen LogP contribution in [0.25, 0.3) is 21.8 Å². The van der Waals surface area contributed by atoms with E-state index in [0.29, 0.717) is 49.9 Å². The molecule has 4 aliphatic rings. The number of nitrogens with one attached hydrogen (secondary N) is 8. The SMILES string of the molecule is CCCCCCCCCCCn1cc([C@@H](NC(=O)[C@@H]2CC[C@@H]3CCCC[C@H](NC(=O)[C@H](Cc4c[nH]c5ccccc45)NC)C(=O)N32)c2ccccc2)nn1.CN[C@@H](Cc1c[nH]c2ccccc12)C(=O)N[C@H]1CCCC[C@H]2CC[C@@H](C(=O)N[C@@H](c3ccccc3)c3cn(C)nn3)N2C1=O. The van der Waals surface area contributed by atoms with Gasteiger partial charge in [-0.1, -0.05) is 191 Å². The largest absolute Gasteiger partial charge is 0.361 e. The summed E-state index contributed by atoms with van der Waals surface area (Å²) in [5.41, 5.74) is 7.21. The zero-order chi connectivity index (χ0) is 68.3. The Balaban J connectivity index is 0.000000202. The highest BCUT2D eigenvalue weighted by Gasteiger charge is 2.47. The number of hydrogen-bond acceptors (Lipinski definition) is 12. The first-order valence-corrected chi connectivity index (χ1v) is 36.1. The Morgan fingerprint density at radius 1 is 0.510 bits per heavy atom. The number of aryl methyl sites for hydroxylation is 2. The summed E-state index contributed by atoms with van der Waals surface area (Å²) in [6.07, 6.45) is 28.9. The van der Waals surface area contributed by atoms with Crippen LogP contribution in [0.15, 0.2) is 134 Å². The van der Waals surface area contributed by atoms with Gasteiger partial charge in [-0.2, -0.15) is 0 Å². The summed E-state index contributed by atoms with van der Waals surface area (Å²) < 4.78 is 3.49. The topological polar surface area (TPSA) is 274 Å². The van der Waals surface area contributed by atoms with Crippen molar-refractivity contribution in [1.29, 1.82) is 0 Å². The molecule has 520 valence electrons. The van der Waals surface area contributed by atoms with Gasteiger partial charge in [0.1, 0.15) is 35.6 Å². The standard InChI is InChI=1S/C43H60N8O3.C33H40N8O3/c1-3-4-5-6-7-8-9-10-18-27-50-30-38(48-49-50)40(31-19-12-11-13-20-31)47-42(53)39-26-25-33-21-14-16-24-36(43(54)51(33)39)46-41(52)37(44-2)28-32-29-45-35-23-17-15-22-34(32)35;1-34-27(18-22-19-35-25-14-9-7-13-24(22)25)31(42)36-26-15-8-6-12-23-16-17-29(41(23)33(26)44)32(43)37-30(21-10-4-3-5-11-21)28-20-40(2)39-38-28/h11-13,15,17,19-20,22-23,29-30,33,36-37,39-40,44-45H,3-10,14,16,18,21,24-28H2,1-2H3,(H,46,52)(H,47,53);3-5,7,9-11,13-14,19-20,23,26-27,29-30,34-35H,6,8,12,15-18H2,1-2H3,(H,36,42)(H,37,43)/t33-,36-,37-,39-,40-;23-,26-,27-,29-,30-/m00/s1. The minimum atomic E-state index is -0.696. The van der Waals surface area contributed by atoms with Gasteiger partial charge in [0.25, 0.3) is 0 Å². The summed E-state index contributed by atoms with van der Waals surface area (Å²) in [7, 11) is 5.32. The van der Waals surface area contributed by atoms with Crippen molar-refractivity contribution in [2.24, 2.45) is 7.05 Å². The Labute approximate surface area is 575 Å². The highest BCUT2D eigenvalue weighted by molar-refractivity contribution is 5.96. The van der Waals surface area contributed by atoms with Gasteiger partial charge in [-0.25, -0.2) is 0 Å². The quantitative estimate of drug-likeness (QED) is 0.0213. The number of nitrogens with zero attached hydrogens (tertiary/aromatic N) is 8. The zero-order valence-electron chi connectivity index (χ0n) is 57.5. The van der Waals surface area contributed by atoms with Crippen LogP contribution in [0.4, 0.5) is 0 Å². The van der Waals surface area contributed by atoms with Gasteiger partial charge in [0, 0.05) is 59.9 Å². The molecule has 0 bridgehead atoms. The van der Waals surface area contributed by atoms with Gasteiger partial charge in [0.05, 0.1) is 36.6 Å². The van der Waals surface area contributed by atoms with E-state index in [0.717, 1.165) is 115 Å². The van der Waals surface area contributed by atoms with Gasteiger partial charge in [-0.3, -0.25) is 38.1 Å². The molecule has 4 aromatic carbocycles. The number of likely N-dealkylation sites (N-methyl/N-ethyl adjacent to an activating group) is 2. The Hall–Kier alpha value is -9.02. The number of carbonyl (C=O) groups excluding carboxylic acids is 6. The fourth-order valence-electron chi connectivity index (χ4n) is 15.1. The number of aromatic nitrogens is 8. The number of rotatable bonds is 28. The van der Waals surface area contributed by atoms with Crippen LogP contribution >= 0.6 is 0 Å². The molecule has 4 aromatic heterocycles. The maximum atomic E-state index is 14.4. The van der Waals surface area contributed by atoms with Gasteiger partial charge in [0.2, 0.25) is 35.4 Å². The lowest BCUT2D eigenvalue weighted by atomic mass is 9.98. The molecule has 0 saturated carbocycles. The van der Waals surface area contributed by atoms with Crippen LogP contribution in [-0.4, -0.2) is 148 Å². The molecular formula is C76H100N16O6. The molecule has 6 amide bonds. The van der Waals surface area contributed by atoms with Crippen LogP contribution in [0.1, 0.15) is 187 Å². The average Bonchev–Trinajstić information content (AvgIpc) is 1.61. The molecule has 0 unspecified atom stereocenters. The van der Waals surface area contributed by atoms with E-state index in [1.165, 1.54) is 44.9 Å². The van der Waals surface area contributed by atoms with Crippen molar-refractivity contribution in [3.8, 4) is 0 Å². The van der Waals surface area contributed by atoms with E-state index >= 15 is 0 Å². The van der Waals surface area contributed by atoms with Crippen LogP contribution in [0.3, 0.4) is 0 Å². The molecule has 0 radical (unpaired) electrons. The number of unbranched alkanes of at least 4 members (excludes halogenated alkanes) is 8. The molecule has 4 aliphatic heterocycles. The summed E-state index contributed by atoms with van der Waals surface area (Å²) in [4.78, 5) is 94.1. The van der Waals surface area contributed by atoms with Crippen molar-refractivity contribution in [1.82, 2.24) is 81.7 Å². The number of fused-ring (bicyclic) bond motifs is 4. The highest BCUT2D eigenvalue weighted by Crippen LogP contribution is 2.35. The number of carbonyl (C=O) groups is 6. The van der Waals surface area contributed by atoms with Crippen LogP contribution in [-0.2, 0) is 55.2 Å². The lowest BCUT2D eigenvalue weighted by Crippen LogP contribution is -2.58. The van der Waals surface area contributed by atoms with Crippen LogP contribution in [0, 0.1) is 0 Å². The first-order valence-electron chi connectivity index (χ1n) is 36.1. The smallest absolute Gasteiger partial charge is 0.246 e. The molecule has 4 fully saturated rings. The van der Waals surface area contributed by atoms with Crippen molar-refractivity contribution >= 4 is 57.2 Å². The number of hydrogen-bond donors (Lipinski definition) is 8. The summed E-state index contributed by atoms with van der Waals surface area (Å²) in [5, 5.41) is 38.4. The van der Waals surface area contributed by atoms with Crippen LogP contribution in [0.5, 0.6) is 0 Å². The minimum absolute atomic E-state index is 0.0315. The lowest BCUT2D eigenvalue weighted by Gasteiger charge is -2.36. The van der Waals surface area contributed by atoms with E-state index in [1.807, 2.05) is 132 Å². The number of amides is 6. The fraction of sp³-hybridized carbons (Fsp3) is 0.500. The molecular weight excluding hydrogens is 1230 g/mol. The number of aromatic amines is 2. The van der Waals surface area contributed by atoms with Crippen LogP contribution < -0.4 is 31.9 Å². The van der Waals surface area contributed by atoms with E-state index in [4.69, 9.17) is 0 Å². The second kappa shape index (κ2) is 34.5.